The summed E-state index contributed by atoms with van der Waals surface area (Å²) in [5.74, 6) is -1.12. The van der Waals surface area contributed by atoms with Gasteiger partial charge < -0.3 is 5.11 Å². The van der Waals surface area contributed by atoms with E-state index >= 15 is 0 Å². The first-order valence-corrected chi connectivity index (χ1v) is 9.88. The van der Waals surface area contributed by atoms with E-state index in [2.05, 4.69) is 15.5 Å². The molecule has 9 heteroatoms. The number of aliphatic hydroxyl groups is 1. The van der Waals surface area contributed by atoms with Crippen LogP contribution < -0.4 is 0 Å². The lowest BCUT2D eigenvalue weighted by molar-refractivity contribution is 0.0977. The third-order valence-corrected chi connectivity index (χ3v) is 6.44. The van der Waals surface area contributed by atoms with Crippen LogP contribution >= 0.6 is 7.94 Å². The highest BCUT2D eigenvalue weighted by molar-refractivity contribution is 7.61. The zero-order valence-corrected chi connectivity index (χ0v) is 15.4. The molecule has 134 valence electrons. The molecular formula is C16H22N4O4P+. The van der Waals surface area contributed by atoms with Gasteiger partial charge in [-0.2, -0.15) is 18.1 Å². The van der Waals surface area contributed by atoms with Gasteiger partial charge >= 0.3 is 7.94 Å². The Labute approximate surface area is 146 Å². The number of aromatic nitrogens is 4. The van der Waals surface area contributed by atoms with Crippen molar-refractivity contribution in [3.8, 4) is 0 Å². The van der Waals surface area contributed by atoms with Gasteiger partial charge in [0.25, 0.3) is 5.85 Å². The number of pyridine rings is 1. The number of benzene rings is 1. The van der Waals surface area contributed by atoms with Gasteiger partial charge in [-0.1, -0.05) is 18.2 Å². The van der Waals surface area contributed by atoms with Crippen LogP contribution in [0.15, 0.2) is 30.3 Å². The Balaban J connectivity index is 2.19. The van der Waals surface area contributed by atoms with Crippen LogP contribution in [-0.4, -0.2) is 45.0 Å². The number of para-hydroxylation sites is 1. The lowest BCUT2D eigenvalue weighted by Crippen LogP contribution is -2.16. The molecule has 0 fully saturated rings. The highest BCUT2D eigenvalue weighted by atomic mass is 31.2. The maximum Gasteiger partial charge on any atom is 0.447 e. The fourth-order valence-corrected chi connectivity index (χ4v) is 5.05. The van der Waals surface area contributed by atoms with Crippen molar-refractivity contribution in [2.45, 2.75) is 26.6 Å². The average Bonchev–Trinajstić information content (AvgIpc) is 3.11. The predicted molar refractivity (Wildman–Crippen MR) is 95.0 cm³/mol. The molecule has 2 heterocycles. The fraction of sp³-hybridized carbons (Fsp3) is 0.438. The van der Waals surface area contributed by atoms with E-state index in [1.54, 1.807) is 4.52 Å². The second-order valence-electron chi connectivity index (χ2n) is 5.24. The molecule has 2 aromatic heterocycles. The largest absolute Gasteiger partial charge is 0.447 e. The average molecular weight is 365 g/mol. The topological polar surface area (TPSA) is 91.0 Å². The Morgan fingerprint density at radius 3 is 2.36 bits per heavy atom. The molecule has 3 rings (SSSR count). The Kier molecular flexibility index (Phi) is 5.56. The number of hydrogen-bond acceptors (Lipinski definition) is 7. The molecule has 0 saturated heterocycles. The first kappa shape index (κ1) is 18.1. The molecule has 1 atom stereocenters. The number of fused-ring (bicyclic) bond motifs is 3. The van der Waals surface area contributed by atoms with Gasteiger partial charge in [-0.05, 0) is 43.3 Å². The van der Waals surface area contributed by atoms with Gasteiger partial charge in [0.2, 0.25) is 0 Å². The third kappa shape index (κ3) is 3.23. The second-order valence-corrected chi connectivity index (χ2v) is 7.58. The summed E-state index contributed by atoms with van der Waals surface area (Å²) in [5.41, 5.74) is 1.83. The standard InChI is InChI=1S/C16H22N4O4P/c1-4-22-25(23-5-2,24-6-3)16(21)13-11-12-9-7-8-10-14(12)20-15(13)17-18-19-20/h7-11,16,21H,4-6H2,1-3H3/q+1. The molecule has 1 N–H and O–H groups in total. The summed E-state index contributed by atoms with van der Waals surface area (Å²) >= 11 is 0. The first-order valence-electron chi connectivity index (χ1n) is 8.27. The van der Waals surface area contributed by atoms with Crippen molar-refractivity contribution in [2.24, 2.45) is 0 Å². The highest BCUT2D eigenvalue weighted by Crippen LogP contribution is 2.71. The van der Waals surface area contributed by atoms with Crippen LogP contribution in [0.3, 0.4) is 0 Å². The van der Waals surface area contributed by atoms with Gasteiger partial charge in [-0.15, -0.1) is 5.10 Å². The summed E-state index contributed by atoms with van der Waals surface area (Å²) in [6.07, 6.45) is 0. The van der Waals surface area contributed by atoms with Gasteiger partial charge in [-0.25, -0.2) is 0 Å². The lowest BCUT2D eigenvalue weighted by Gasteiger charge is -2.25. The number of hydrogen-bond donors (Lipinski definition) is 1. The molecule has 25 heavy (non-hydrogen) atoms. The van der Waals surface area contributed by atoms with E-state index in [0.29, 0.717) is 31.0 Å². The number of rotatable bonds is 8. The van der Waals surface area contributed by atoms with Crippen LogP contribution in [0.1, 0.15) is 32.2 Å². The summed E-state index contributed by atoms with van der Waals surface area (Å²) in [4.78, 5) is 0. The summed E-state index contributed by atoms with van der Waals surface area (Å²) in [7, 11) is -3.02. The zero-order valence-electron chi connectivity index (χ0n) is 14.5. The Morgan fingerprint density at radius 1 is 1.08 bits per heavy atom. The van der Waals surface area contributed by atoms with E-state index < -0.39 is 13.8 Å². The number of aliphatic hydroxyl groups excluding tert-OH is 1. The van der Waals surface area contributed by atoms with Crippen LogP contribution in [0.5, 0.6) is 0 Å². The minimum absolute atomic E-state index is 0.361. The maximum atomic E-state index is 11.2. The number of nitrogens with zero attached hydrogens (tertiary/aromatic N) is 4. The molecule has 0 spiro atoms. The highest BCUT2D eigenvalue weighted by Gasteiger charge is 2.55. The van der Waals surface area contributed by atoms with Gasteiger partial charge in [0.15, 0.2) is 5.65 Å². The molecular weight excluding hydrogens is 343 g/mol. The van der Waals surface area contributed by atoms with Crippen LogP contribution in [0.2, 0.25) is 0 Å². The van der Waals surface area contributed by atoms with Gasteiger partial charge in [-0.3, -0.25) is 0 Å². The Morgan fingerprint density at radius 2 is 1.72 bits per heavy atom. The lowest BCUT2D eigenvalue weighted by atomic mass is 10.1. The van der Waals surface area contributed by atoms with Crippen molar-refractivity contribution in [3.05, 3.63) is 35.9 Å². The fourth-order valence-electron chi connectivity index (χ4n) is 2.79. The smallest absolute Gasteiger partial charge is 0.349 e. The minimum Gasteiger partial charge on any atom is -0.349 e. The van der Waals surface area contributed by atoms with Gasteiger partial charge in [0.05, 0.1) is 30.9 Å². The van der Waals surface area contributed by atoms with Crippen molar-refractivity contribution >= 4 is 24.5 Å². The Hall–Kier alpha value is -1.70. The quantitative estimate of drug-likeness (QED) is 0.613. The molecule has 1 unspecified atom stereocenters. The van der Waals surface area contributed by atoms with E-state index in [4.69, 9.17) is 13.6 Å². The minimum atomic E-state index is -3.02. The molecule has 3 aromatic rings. The molecule has 8 nitrogen and oxygen atoms in total. The molecule has 0 radical (unpaired) electrons. The van der Waals surface area contributed by atoms with Crippen LogP contribution in [-0.2, 0) is 13.6 Å². The molecule has 0 saturated carbocycles. The first-order chi connectivity index (χ1) is 12.2. The molecule has 0 aliphatic carbocycles. The molecule has 0 bridgehead atoms. The van der Waals surface area contributed by atoms with E-state index in [0.717, 1.165) is 10.9 Å². The summed E-state index contributed by atoms with van der Waals surface area (Å²) in [6, 6.07) is 9.55. The van der Waals surface area contributed by atoms with Crippen molar-refractivity contribution in [1.82, 2.24) is 20.0 Å². The number of tetrazole rings is 1. The summed E-state index contributed by atoms with van der Waals surface area (Å²) in [6.45, 7) is 6.61. The predicted octanol–water partition coefficient (Wildman–Crippen LogP) is 3.14. The van der Waals surface area contributed by atoms with Crippen molar-refractivity contribution < 1.29 is 18.7 Å². The zero-order chi connectivity index (χ0) is 17.9. The maximum absolute atomic E-state index is 11.2. The van der Waals surface area contributed by atoms with E-state index in [1.807, 2.05) is 51.1 Å². The SMILES string of the molecule is CCO[P+](OCC)(OCC)C(O)c1cc2ccccc2n2nnnc12. The molecule has 1 aromatic carbocycles. The molecule has 0 aliphatic rings. The molecule has 0 aliphatic heterocycles. The van der Waals surface area contributed by atoms with Crippen molar-refractivity contribution in [3.63, 3.8) is 0 Å². The van der Waals surface area contributed by atoms with Crippen LogP contribution in [0, 0.1) is 0 Å². The summed E-state index contributed by atoms with van der Waals surface area (Å²) < 4.78 is 19.0. The van der Waals surface area contributed by atoms with E-state index in [1.165, 1.54) is 0 Å². The third-order valence-electron chi connectivity index (χ3n) is 3.71. The second kappa shape index (κ2) is 7.68. The van der Waals surface area contributed by atoms with Crippen LogP contribution in [0.25, 0.3) is 16.6 Å². The van der Waals surface area contributed by atoms with Crippen LogP contribution in [0.4, 0.5) is 0 Å². The van der Waals surface area contributed by atoms with E-state index in [-0.39, 0.29) is 0 Å². The normalized spacial score (nSPS) is 13.6. The van der Waals surface area contributed by atoms with Gasteiger partial charge in [0, 0.05) is 5.39 Å². The monoisotopic (exact) mass is 365 g/mol. The molecule has 0 amide bonds. The summed E-state index contributed by atoms with van der Waals surface area (Å²) in [5, 5.41) is 23.9. The van der Waals surface area contributed by atoms with Crippen molar-refractivity contribution in [2.75, 3.05) is 19.8 Å². The van der Waals surface area contributed by atoms with Gasteiger partial charge in [0.1, 0.15) is 0 Å². The van der Waals surface area contributed by atoms with E-state index in [9.17, 15) is 5.11 Å². The van der Waals surface area contributed by atoms with Crippen molar-refractivity contribution in [1.29, 1.82) is 0 Å². The Bertz CT molecular complexity index is 839.